The lowest BCUT2D eigenvalue weighted by Crippen LogP contribution is -2.43. The summed E-state index contributed by atoms with van der Waals surface area (Å²) in [5.41, 5.74) is 0.467. The van der Waals surface area contributed by atoms with Crippen molar-refractivity contribution in [3.8, 4) is 0 Å². The Morgan fingerprint density at radius 1 is 1.40 bits per heavy atom. The van der Waals surface area contributed by atoms with Gasteiger partial charge >= 0.3 is 0 Å². The zero-order valence-corrected chi connectivity index (χ0v) is 12.2. The van der Waals surface area contributed by atoms with Crippen LogP contribution >= 0.6 is 0 Å². The van der Waals surface area contributed by atoms with Gasteiger partial charge in [0.05, 0.1) is 18.1 Å². The van der Waals surface area contributed by atoms with E-state index in [9.17, 15) is 4.79 Å². The van der Waals surface area contributed by atoms with Crippen molar-refractivity contribution >= 4 is 5.78 Å². The van der Waals surface area contributed by atoms with Gasteiger partial charge in [0.25, 0.3) is 0 Å². The number of ketones is 1. The van der Waals surface area contributed by atoms with Gasteiger partial charge in [-0.25, -0.2) is 0 Å². The molecule has 1 heterocycles. The zero-order chi connectivity index (χ0) is 14.6. The topological polar surface area (TPSA) is 35.5 Å². The van der Waals surface area contributed by atoms with Crippen molar-refractivity contribution in [3.05, 3.63) is 48.6 Å². The second-order valence-corrected chi connectivity index (χ2v) is 5.66. The fourth-order valence-corrected chi connectivity index (χ4v) is 2.43. The molecule has 0 amide bonds. The van der Waals surface area contributed by atoms with Crippen LogP contribution in [0.5, 0.6) is 0 Å². The minimum atomic E-state index is -0.523. The molecule has 0 bridgehead atoms. The fourth-order valence-electron chi connectivity index (χ4n) is 2.43. The normalized spacial score (nSPS) is 23.3. The number of carbonyl (C=O) groups excluding carboxylic acids is 1. The van der Waals surface area contributed by atoms with Crippen LogP contribution in [-0.2, 0) is 14.3 Å². The number of Topliss-reactive ketones (excluding diaryl/α,β-unsaturated/α-hetero) is 1. The Morgan fingerprint density at radius 2 is 2.10 bits per heavy atom. The fraction of sp³-hybridized carbons (Fsp3) is 0.471. The SMILES string of the molecule is C=CCC(=O)C(C)(C)[C@@H]1CCO[C@H](c2ccccc2)O1. The molecule has 0 saturated carbocycles. The molecule has 20 heavy (non-hydrogen) atoms. The maximum Gasteiger partial charge on any atom is 0.184 e. The van der Waals surface area contributed by atoms with Crippen molar-refractivity contribution in [1.82, 2.24) is 0 Å². The molecular weight excluding hydrogens is 252 g/mol. The average Bonchev–Trinajstić information content (AvgIpc) is 2.48. The van der Waals surface area contributed by atoms with E-state index in [1.54, 1.807) is 6.08 Å². The summed E-state index contributed by atoms with van der Waals surface area (Å²) in [5, 5.41) is 0. The number of rotatable bonds is 5. The highest BCUT2D eigenvalue weighted by atomic mass is 16.7. The van der Waals surface area contributed by atoms with Gasteiger partial charge in [-0.1, -0.05) is 50.3 Å². The Morgan fingerprint density at radius 3 is 2.75 bits per heavy atom. The molecule has 1 aliphatic rings. The van der Waals surface area contributed by atoms with Gasteiger partial charge in [-0.05, 0) is 6.42 Å². The Balaban J connectivity index is 2.10. The maximum atomic E-state index is 12.2. The van der Waals surface area contributed by atoms with Crippen LogP contribution < -0.4 is 0 Å². The molecule has 1 aromatic carbocycles. The second kappa shape index (κ2) is 6.33. The number of hydrogen-bond donors (Lipinski definition) is 0. The first kappa shape index (κ1) is 14.9. The summed E-state index contributed by atoms with van der Waals surface area (Å²) in [6.45, 7) is 8.12. The van der Waals surface area contributed by atoms with Crippen molar-refractivity contribution < 1.29 is 14.3 Å². The standard InChI is InChI=1S/C17H22O3/c1-4-8-14(18)17(2,3)15-11-12-19-16(20-15)13-9-6-5-7-10-13/h4-7,9-10,15-16H,1,8,11-12H2,2-3H3/t15-,16-/m0/s1. The molecule has 1 aromatic rings. The Bertz CT molecular complexity index is 464. The summed E-state index contributed by atoms with van der Waals surface area (Å²) in [4.78, 5) is 12.2. The van der Waals surface area contributed by atoms with Gasteiger partial charge in [0.15, 0.2) is 6.29 Å². The van der Waals surface area contributed by atoms with Gasteiger partial charge in [0.2, 0.25) is 0 Å². The third kappa shape index (κ3) is 3.17. The molecule has 0 N–H and O–H groups in total. The molecule has 3 nitrogen and oxygen atoms in total. The van der Waals surface area contributed by atoms with Crippen molar-refractivity contribution in [2.75, 3.05) is 6.61 Å². The molecule has 2 rings (SSSR count). The monoisotopic (exact) mass is 274 g/mol. The van der Waals surface area contributed by atoms with Crippen LogP contribution in [0, 0.1) is 5.41 Å². The van der Waals surface area contributed by atoms with Crippen LogP contribution in [0.15, 0.2) is 43.0 Å². The molecular formula is C17H22O3. The van der Waals surface area contributed by atoms with Gasteiger partial charge in [-0.2, -0.15) is 0 Å². The number of ether oxygens (including phenoxy) is 2. The first-order chi connectivity index (χ1) is 9.55. The quantitative estimate of drug-likeness (QED) is 0.769. The number of benzene rings is 1. The summed E-state index contributed by atoms with van der Waals surface area (Å²) in [7, 11) is 0. The van der Waals surface area contributed by atoms with E-state index in [0.717, 1.165) is 12.0 Å². The lowest BCUT2D eigenvalue weighted by Gasteiger charge is -2.39. The molecule has 108 valence electrons. The van der Waals surface area contributed by atoms with Crippen LogP contribution in [0.3, 0.4) is 0 Å². The van der Waals surface area contributed by atoms with Crippen LogP contribution in [0.1, 0.15) is 38.5 Å². The van der Waals surface area contributed by atoms with E-state index in [-0.39, 0.29) is 18.2 Å². The lowest BCUT2D eigenvalue weighted by atomic mass is 9.79. The number of allylic oxidation sites excluding steroid dienone is 1. The van der Waals surface area contributed by atoms with Crippen molar-refractivity contribution in [1.29, 1.82) is 0 Å². The van der Waals surface area contributed by atoms with Gasteiger partial charge in [-0.3, -0.25) is 4.79 Å². The van der Waals surface area contributed by atoms with E-state index in [1.165, 1.54) is 0 Å². The summed E-state index contributed by atoms with van der Waals surface area (Å²) in [6, 6.07) is 9.83. The molecule has 1 fully saturated rings. The van der Waals surface area contributed by atoms with E-state index in [0.29, 0.717) is 13.0 Å². The third-order valence-corrected chi connectivity index (χ3v) is 3.86. The van der Waals surface area contributed by atoms with Crippen LogP contribution in [0.2, 0.25) is 0 Å². The summed E-state index contributed by atoms with van der Waals surface area (Å²) >= 11 is 0. The summed E-state index contributed by atoms with van der Waals surface area (Å²) < 4.78 is 11.7. The van der Waals surface area contributed by atoms with Gasteiger partial charge < -0.3 is 9.47 Å². The minimum Gasteiger partial charge on any atom is -0.348 e. The molecule has 0 radical (unpaired) electrons. The molecule has 2 atom stereocenters. The first-order valence-corrected chi connectivity index (χ1v) is 7.02. The highest BCUT2D eigenvalue weighted by Crippen LogP contribution is 2.36. The third-order valence-electron chi connectivity index (χ3n) is 3.86. The highest BCUT2D eigenvalue weighted by molar-refractivity contribution is 5.85. The predicted octanol–water partition coefficient (Wildman–Crippen LogP) is 3.66. The van der Waals surface area contributed by atoms with E-state index in [2.05, 4.69) is 6.58 Å². The number of hydrogen-bond acceptors (Lipinski definition) is 3. The molecule has 0 unspecified atom stereocenters. The van der Waals surface area contributed by atoms with E-state index in [4.69, 9.17) is 9.47 Å². The minimum absolute atomic E-state index is 0.131. The van der Waals surface area contributed by atoms with Crippen molar-refractivity contribution in [2.24, 2.45) is 5.41 Å². The molecule has 0 spiro atoms. The Labute approximate surface area is 120 Å². The van der Waals surface area contributed by atoms with Crippen LogP contribution in [-0.4, -0.2) is 18.5 Å². The first-order valence-electron chi connectivity index (χ1n) is 7.02. The lowest BCUT2D eigenvalue weighted by molar-refractivity contribution is -0.238. The molecule has 0 aromatic heterocycles. The van der Waals surface area contributed by atoms with E-state index < -0.39 is 5.41 Å². The largest absolute Gasteiger partial charge is 0.348 e. The van der Waals surface area contributed by atoms with E-state index >= 15 is 0 Å². The van der Waals surface area contributed by atoms with Crippen molar-refractivity contribution in [3.63, 3.8) is 0 Å². The molecule has 1 saturated heterocycles. The predicted molar refractivity (Wildman–Crippen MR) is 78.2 cm³/mol. The molecule has 0 aliphatic carbocycles. The van der Waals surface area contributed by atoms with Gasteiger partial charge in [0.1, 0.15) is 5.78 Å². The molecule has 1 aliphatic heterocycles. The molecule has 3 heteroatoms. The number of carbonyl (C=O) groups is 1. The summed E-state index contributed by atoms with van der Waals surface area (Å²) in [5.74, 6) is 0.159. The Kier molecular flexibility index (Phi) is 4.73. The summed E-state index contributed by atoms with van der Waals surface area (Å²) in [6.07, 6.45) is 2.25. The van der Waals surface area contributed by atoms with Crippen LogP contribution in [0.4, 0.5) is 0 Å². The van der Waals surface area contributed by atoms with Gasteiger partial charge in [0, 0.05) is 12.0 Å². The zero-order valence-electron chi connectivity index (χ0n) is 12.2. The smallest absolute Gasteiger partial charge is 0.184 e. The average molecular weight is 274 g/mol. The Hall–Kier alpha value is -1.45. The van der Waals surface area contributed by atoms with Gasteiger partial charge in [-0.15, -0.1) is 6.58 Å². The van der Waals surface area contributed by atoms with E-state index in [1.807, 2.05) is 44.2 Å². The van der Waals surface area contributed by atoms with Crippen molar-refractivity contribution in [2.45, 2.75) is 39.1 Å². The second-order valence-electron chi connectivity index (χ2n) is 5.66. The maximum absolute atomic E-state index is 12.2. The van der Waals surface area contributed by atoms with Crippen LogP contribution in [0.25, 0.3) is 0 Å². The highest BCUT2D eigenvalue weighted by Gasteiger charge is 2.40.